The first-order chi connectivity index (χ1) is 9.75. The van der Waals surface area contributed by atoms with Gasteiger partial charge < -0.3 is 11.1 Å². The molecule has 0 aromatic heterocycles. The lowest BCUT2D eigenvalue weighted by Gasteiger charge is -2.10. The van der Waals surface area contributed by atoms with Crippen molar-refractivity contribution in [1.29, 1.82) is 0 Å². The van der Waals surface area contributed by atoms with Gasteiger partial charge in [-0.3, -0.25) is 0 Å². The van der Waals surface area contributed by atoms with Crippen LogP contribution in [0.3, 0.4) is 0 Å². The molecule has 0 radical (unpaired) electrons. The topological polar surface area (TPSA) is 98.2 Å². The lowest BCUT2D eigenvalue weighted by Crippen LogP contribution is -2.13. The molecule has 0 saturated heterocycles. The third-order valence-corrected chi connectivity index (χ3v) is 3.64. The van der Waals surface area contributed by atoms with Gasteiger partial charge in [-0.05, 0) is 36.4 Å². The highest BCUT2D eigenvalue weighted by Gasteiger charge is 2.10. The van der Waals surface area contributed by atoms with E-state index in [1.165, 1.54) is 18.2 Å². The van der Waals surface area contributed by atoms with E-state index in [0.29, 0.717) is 5.69 Å². The van der Waals surface area contributed by atoms with Gasteiger partial charge in [0.25, 0.3) is 0 Å². The Morgan fingerprint density at radius 2 is 1.81 bits per heavy atom. The summed E-state index contributed by atoms with van der Waals surface area (Å²) in [4.78, 5) is -0.162. The maximum absolute atomic E-state index is 13.5. The molecule has 0 aliphatic heterocycles. The van der Waals surface area contributed by atoms with Gasteiger partial charge in [0.05, 0.1) is 4.90 Å². The average Bonchev–Trinajstić information content (AvgIpc) is 2.38. The molecule has 2 aromatic rings. The first-order valence-corrected chi connectivity index (χ1v) is 7.41. The Morgan fingerprint density at radius 3 is 2.48 bits per heavy atom. The van der Waals surface area contributed by atoms with Crippen LogP contribution in [0, 0.1) is 11.6 Å². The van der Waals surface area contributed by atoms with Crippen molar-refractivity contribution in [2.45, 2.75) is 11.4 Å². The van der Waals surface area contributed by atoms with Gasteiger partial charge in [0.2, 0.25) is 10.0 Å². The lowest BCUT2D eigenvalue weighted by molar-refractivity contribution is 0.587. The van der Waals surface area contributed by atoms with Gasteiger partial charge >= 0.3 is 0 Å². The van der Waals surface area contributed by atoms with Crippen LogP contribution in [-0.2, 0) is 16.6 Å². The summed E-state index contributed by atoms with van der Waals surface area (Å²) >= 11 is 0. The lowest BCUT2D eigenvalue weighted by atomic mass is 10.2. The predicted molar refractivity (Wildman–Crippen MR) is 75.9 cm³/mol. The molecule has 0 amide bonds. The van der Waals surface area contributed by atoms with E-state index in [2.05, 4.69) is 5.32 Å². The third kappa shape index (κ3) is 3.89. The molecule has 0 heterocycles. The molecule has 2 aromatic carbocycles. The SMILES string of the molecule is Nc1cc(NCc2cc(F)ccc2F)cc(S(N)(=O)=O)c1. The summed E-state index contributed by atoms with van der Waals surface area (Å²) in [6, 6.07) is 7.02. The van der Waals surface area contributed by atoms with Crippen molar-refractivity contribution in [1.82, 2.24) is 0 Å². The molecule has 0 fully saturated rings. The number of primary sulfonamides is 1. The van der Waals surface area contributed by atoms with E-state index in [1.54, 1.807) is 0 Å². The third-order valence-electron chi connectivity index (χ3n) is 2.75. The summed E-state index contributed by atoms with van der Waals surface area (Å²) < 4.78 is 49.1. The molecule has 0 bridgehead atoms. The van der Waals surface area contributed by atoms with Crippen molar-refractivity contribution < 1.29 is 17.2 Å². The Bertz CT molecular complexity index is 779. The van der Waals surface area contributed by atoms with E-state index < -0.39 is 21.7 Å². The molecule has 5 nitrogen and oxygen atoms in total. The van der Waals surface area contributed by atoms with Crippen molar-refractivity contribution in [2.24, 2.45) is 5.14 Å². The quantitative estimate of drug-likeness (QED) is 0.750. The monoisotopic (exact) mass is 313 g/mol. The Labute approximate surface area is 120 Å². The van der Waals surface area contributed by atoms with Gasteiger partial charge in [0.15, 0.2) is 0 Å². The average molecular weight is 313 g/mol. The smallest absolute Gasteiger partial charge is 0.238 e. The zero-order chi connectivity index (χ0) is 15.6. The maximum atomic E-state index is 13.5. The van der Waals surface area contributed by atoms with Crippen molar-refractivity contribution in [3.8, 4) is 0 Å². The highest BCUT2D eigenvalue weighted by atomic mass is 32.2. The second kappa shape index (κ2) is 5.66. The minimum Gasteiger partial charge on any atom is -0.399 e. The van der Waals surface area contributed by atoms with Crippen LogP contribution < -0.4 is 16.2 Å². The van der Waals surface area contributed by atoms with E-state index in [0.717, 1.165) is 18.2 Å². The van der Waals surface area contributed by atoms with E-state index >= 15 is 0 Å². The number of benzene rings is 2. The van der Waals surface area contributed by atoms with Gasteiger partial charge in [-0.25, -0.2) is 22.3 Å². The van der Waals surface area contributed by atoms with Crippen molar-refractivity contribution in [3.05, 3.63) is 53.6 Å². The normalized spacial score (nSPS) is 11.4. The van der Waals surface area contributed by atoms with Crippen molar-refractivity contribution >= 4 is 21.4 Å². The van der Waals surface area contributed by atoms with Crippen LogP contribution in [0.2, 0.25) is 0 Å². The molecule has 0 unspecified atom stereocenters. The van der Waals surface area contributed by atoms with Crippen molar-refractivity contribution in [2.75, 3.05) is 11.1 Å². The fraction of sp³-hybridized carbons (Fsp3) is 0.0769. The van der Waals surface area contributed by atoms with Crippen molar-refractivity contribution in [3.63, 3.8) is 0 Å². The van der Waals surface area contributed by atoms with Crippen LogP contribution >= 0.6 is 0 Å². The van der Waals surface area contributed by atoms with Gasteiger partial charge in [-0.15, -0.1) is 0 Å². The van der Waals surface area contributed by atoms with Crippen LogP contribution in [0.4, 0.5) is 20.2 Å². The fourth-order valence-corrected chi connectivity index (χ4v) is 2.36. The number of sulfonamides is 1. The largest absolute Gasteiger partial charge is 0.399 e. The van der Waals surface area contributed by atoms with Crippen LogP contribution in [0.15, 0.2) is 41.3 Å². The molecular formula is C13H13F2N3O2S. The van der Waals surface area contributed by atoms with Gasteiger partial charge in [0, 0.05) is 23.5 Å². The van der Waals surface area contributed by atoms with E-state index in [1.807, 2.05) is 0 Å². The van der Waals surface area contributed by atoms with Crippen LogP contribution in [-0.4, -0.2) is 8.42 Å². The summed E-state index contributed by atoms with van der Waals surface area (Å²) in [6.07, 6.45) is 0. The summed E-state index contributed by atoms with van der Waals surface area (Å²) in [6.45, 7) is -0.0306. The summed E-state index contributed by atoms with van der Waals surface area (Å²) in [5.41, 5.74) is 6.21. The van der Waals surface area contributed by atoms with E-state index in [4.69, 9.17) is 10.9 Å². The molecule has 112 valence electrons. The second-order valence-corrected chi connectivity index (χ2v) is 5.99. The molecule has 0 aliphatic carbocycles. The Hall–Kier alpha value is -2.19. The first-order valence-electron chi connectivity index (χ1n) is 5.87. The molecule has 8 heteroatoms. The number of hydrogen-bond donors (Lipinski definition) is 3. The number of hydrogen-bond acceptors (Lipinski definition) is 4. The summed E-state index contributed by atoms with van der Waals surface area (Å²) in [7, 11) is -3.90. The summed E-state index contributed by atoms with van der Waals surface area (Å²) in [5, 5.41) is 7.80. The number of nitrogens with two attached hydrogens (primary N) is 2. The minimum atomic E-state index is -3.90. The van der Waals surface area contributed by atoms with Crippen LogP contribution in [0.25, 0.3) is 0 Å². The molecule has 0 atom stereocenters. The highest BCUT2D eigenvalue weighted by Crippen LogP contribution is 2.20. The Morgan fingerprint density at radius 1 is 1.10 bits per heavy atom. The number of nitrogen functional groups attached to an aromatic ring is 1. The summed E-state index contributed by atoms with van der Waals surface area (Å²) in [5.74, 6) is -1.13. The number of anilines is 2. The molecule has 0 saturated carbocycles. The van der Waals surface area contributed by atoms with E-state index in [-0.39, 0.29) is 22.7 Å². The van der Waals surface area contributed by atoms with Crippen LogP contribution in [0.5, 0.6) is 0 Å². The number of halogens is 2. The van der Waals surface area contributed by atoms with Gasteiger partial charge in [-0.1, -0.05) is 0 Å². The molecule has 21 heavy (non-hydrogen) atoms. The Balaban J connectivity index is 2.24. The first kappa shape index (κ1) is 15.2. The zero-order valence-corrected chi connectivity index (χ0v) is 11.6. The molecular weight excluding hydrogens is 300 g/mol. The molecule has 2 rings (SSSR count). The highest BCUT2D eigenvalue weighted by molar-refractivity contribution is 7.89. The fourth-order valence-electron chi connectivity index (χ4n) is 1.76. The minimum absolute atomic E-state index is 0.0306. The van der Waals surface area contributed by atoms with Gasteiger partial charge in [0.1, 0.15) is 11.6 Å². The zero-order valence-electron chi connectivity index (χ0n) is 10.8. The number of rotatable bonds is 4. The predicted octanol–water partition coefficient (Wildman–Crippen LogP) is 1.81. The molecule has 0 aliphatic rings. The maximum Gasteiger partial charge on any atom is 0.238 e. The van der Waals surface area contributed by atoms with Gasteiger partial charge in [-0.2, -0.15) is 0 Å². The Kier molecular flexibility index (Phi) is 4.10. The molecule has 0 spiro atoms. The van der Waals surface area contributed by atoms with Crippen LogP contribution in [0.1, 0.15) is 5.56 Å². The molecule has 5 N–H and O–H groups in total. The standard InChI is InChI=1S/C13H13F2N3O2S/c14-9-1-2-13(15)8(3-9)7-18-11-4-10(16)5-12(6-11)21(17,19)20/h1-6,18H,7,16H2,(H2,17,19,20). The second-order valence-electron chi connectivity index (χ2n) is 4.43. The number of nitrogens with one attached hydrogen (secondary N) is 1. The van der Waals surface area contributed by atoms with E-state index in [9.17, 15) is 17.2 Å².